The van der Waals surface area contributed by atoms with Gasteiger partial charge in [-0.2, -0.15) is 0 Å². The summed E-state index contributed by atoms with van der Waals surface area (Å²) in [6, 6.07) is 9.01. The van der Waals surface area contributed by atoms with Gasteiger partial charge in [-0.25, -0.2) is 0 Å². The number of guanidine groups is 1. The zero-order valence-electron chi connectivity index (χ0n) is 18.8. The van der Waals surface area contributed by atoms with Crippen LogP contribution in [0, 0.1) is 13.8 Å². The number of nitrogens with zero attached hydrogens (tertiary/aromatic N) is 4. The van der Waals surface area contributed by atoms with Crippen molar-refractivity contribution in [1.29, 1.82) is 0 Å². The van der Waals surface area contributed by atoms with Gasteiger partial charge >= 0.3 is 0 Å². The van der Waals surface area contributed by atoms with Crippen molar-refractivity contribution in [2.75, 3.05) is 38.1 Å². The van der Waals surface area contributed by atoms with E-state index in [-0.39, 0.29) is 24.0 Å². The van der Waals surface area contributed by atoms with E-state index in [4.69, 9.17) is 9.52 Å². The van der Waals surface area contributed by atoms with Crippen LogP contribution in [-0.2, 0) is 13.0 Å². The lowest BCUT2D eigenvalue weighted by Crippen LogP contribution is -2.38. The Balaban J connectivity index is 0.00000320. The van der Waals surface area contributed by atoms with Gasteiger partial charge in [-0.05, 0) is 64.2 Å². The molecule has 0 unspecified atom stereocenters. The Kier molecular flexibility index (Phi) is 9.94. The first kappa shape index (κ1) is 24.5. The third-order valence-corrected chi connectivity index (χ3v) is 5.58. The van der Waals surface area contributed by atoms with Crippen LogP contribution in [0.5, 0.6) is 0 Å². The Morgan fingerprint density at radius 2 is 1.87 bits per heavy atom. The predicted octanol–water partition coefficient (Wildman–Crippen LogP) is 4.54. The topological polar surface area (TPSA) is 56.9 Å². The second-order valence-corrected chi connectivity index (χ2v) is 7.86. The first-order valence-electron chi connectivity index (χ1n) is 10.8. The molecule has 1 aromatic carbocycles. The van der Waals surface area contributed by atoms with Crippen LogP contribution in [0.2, 0.25) is 0 Å². The summed E-state index contributed by atoms with van der Waals surface area (Å²) in [5.74, 6) is 1.82. The molecule has 30 heavy (non-hydrogen) atoms. The third-order valence-electron chi connectivity index (χ3n) is 5.58. The second-order valence-electron chi connectivity index (χ2n) is 7.86. The van der Waals surface area contributed by atoms with Crippen LogP contribution in [0.15, 0.2) is 33.8 Å². The molecule has 1 N–H and O–H groups in total. The van der Waals surface area contributed by atoms with Crippen LogP contribution in [0.4, 0.5) is 5.69 Å². The Bertz CT molecular complexity index is 777. The first-order chi connectivity index (χ1) is 14.1. The highest BCUT2D eigenvalue weighted by Crippen LogP contribution is 2.20. The van der Waals surface area contributed by atoms with Gasteiger partial charge in [0.1, 0.15) is 5.76 Å². The summed E-state index contributed by atoms with van der Waals surface area (Å²) in [6.07, 6.45) is 4.82. The van der Waals surface area contributed by atoms with Gasteiger partial charge in [0.25, 0.3) is 0 Å². The number of aryl methyl sites for hydroxylation is 2. The summed E-state index contributed by atoms with van der Waals surface area (Å²) < 4.78 is 5.25. The molecular formula is C23H36IN5O. The molecule has 0 amide bonds. The van der Waals surface area contributed by atoms with Crippen LogP contribution in [0.1, 0.15) is 48.8 Å². The summed E-state index contributed by atoms with van der Waals surface area (Å²) in [4.78, 5) is 9.50. The van der Waals surface area contributed by atoms with Gasteiger partial charge in [-0.1, -0.05) is 17.3 Å². The highest BCUT2D eigenvalue weighted by molar-refractivity contribution is 14.0. The molecule has 0 aliphatic carbocycles. The minimum absolute atomic E-state index is 0. The minimum Gasteiger partial charge on any atom is -0.372 e. The lowest BCUT2D eigenvalue weighted by molar-refractivity contribution is 0.392. The summed E-state index contributed by atoms with van der Waals surface area (Å²) in [7, 11) is 2.09. The number of anilines is 1. The molecule has 0 bridgehead atoms. The van der Waals surface area contributed by atoms with Gasteiger partial charge < -0.3 is 19.6 Å². The maximum Gasteiger partial charge on any atom is 0.193 e. The van der Waals surface area contributed by atoms with Crippen molar-refractivity contribution >= 4 is 35.6 Å². The quantitative estimate of drug-likeness (QED) is 0.327. The summed E-state index contributed by atoms with van der Waals surface area (Å²) >= 11 is 0. The fraction of sp³-hybridized carbons (Fsp3) is 0.565. The summed E-state index contributed by atoms with van der Waals surface area (Å²) in [6.45, 7) is 10.8. The fourth-order valence-corrected chi connectivity index (χ4v) is 3.92. The lowest BCUT2D eigenvalue weighted by Gasteiger charge is -2.29. The van der Waals surface area contributed by atoms with E-state index in [1.807, 2.05) is 13.8 Å². The molecule has 0 atom stereocenters. The maximum atomic E-state index is 5.25. The smallest absolute Gasteiger partial charge is 0.193 e. The van der Waals surface area contributed by atoms with Crippen LogP contribution in [0.25, 0.3) is 0 Å². The van der Waals surface area contributed by atoms with Crippen molar-refractivity contribution in [3.05, 3.63) is 46.8 Å². The summed E-state index contributed by atoms with van der Waals surface area (Å²) in [5.41, 5.74) is 4.77. The minimum atomic E-state index is 0. The molecule has 6 nitrogen and oxygen atoms in total. The van der Waals surface area contributed by atoms with Crippen molar-refractivity contribution in [2.45, 2.75) is 53.0 Å². The average Bonchev–Trinajstić information content (AvgIpc) is 3.06. The number of rotatable bonds is 7. The second kappa shape index (κ2) is 12.2. The zero-order chi connectivity index (χ0) is 20.6. The number of hydrogen-bond acceptors (Lipinski definition) is 4. The molecular weight excluding hydrogens is 489 g/mol. The highest BCUT2D eigenvalue weighted by atomic mass is 127. The van der Waals surface area contributed by atoms with Crippen LogP contribution in [0.3, 0.4) is 0 Å². The van der Waals surface area contributed by atoms with Crippen molar-refractivity contribution in [1.82, 2.24) is 15.4 Å². The number of nitrogens with one attached hydrogen (secondary N) is 1. The Morgan fingerprint density at radius 3 is 2.47 bits per heavy atom. The molecule has 3 rings (SSSR count). The largest absolute Gasteiger partial charge is 0.372 e. The van der Waals surface area contributed by atoms with E-state index >= 15 is 0 Å². The molecule has 1 saturated heterocycles. The Hall–Kier alpha value is -1.77. The molecule has 0 radical (unpaired) electrons. The molecule has 1 aliphatic rings. The maximum absolute atomic E-state index is 5.25. The monoisotopic (exact) mass is 525 g/mol. The standard InChI is InChI=1S/C23H35N5O.HI/c1-5-24-23(25-14-13-22-18(2)26-29-19(22)3)27(4)17-20-9-11-21(12-10-20)28-15-7-6-8-16-28;/h9-12H,5-8,13-17H2,1-4H3,(H,24,25);1H. The molecule has 7 heteroatoms. The molecule has 0 spiro atoms. The van der Waals surface area contributed by atoms with E-state index in [9.17, 15) is 0 Å². The average molecular weight is 525 g/mol. The molecule has 0 saturated carbocycles. The number of halogens is 1. The molecule has 2 heterocycles. The van der Waals surface area contributed by atoms with E-state index in [1.165, 1.54) is 49.2 Å². The van der Waals surface area contributed by atoms with Gasteiger partial charge in [0.05, 0.1) is 5.69 Å². The van der Waals surface area contributed by atoms with Crippen LogP contribution < -0.4 is 10.2 Å². The Labute approximate surface area is 198 Å². The first-order valence-corrected chi connectivity index (χ1v) is 10.8. The molecule has 1 aliphatic heterocycles. The predicted molar refractivity (Wildman–Crippen MR) is 135 cm³/mol. The molecule has 1 aromatic heterocycles. The van der Waals surface area contributed by atoms with Gasteiger partial charge in [-0.15, -0.1) is 24.0 Å². The van der Waals surface area contributed by atoms with Gasteiger partial charge in [0.2, 0.25) is 0 Å². The SMILES string of the molecule is CCNC(=NCCc1c(C)noc1C)N(C)Cc1ccc(N2CCCCC2)cc1.I. The molecule has 1 fully saturated rings. The van der Waals surface area contributed by atoms with Crippen molar-refractivity contribution < 1.29 is 4.52 Å². The van der Waals surface area contributed by atoms with Gasteiger partial charge in [0.15, 0.2) is 5.96 Å². The van der Waals surface area contributed by atoms with Crippen molar-refractivity contribution in [3.63, 3.8) is 0 Å². The number of hydrogen-bond donors (Lipinski definition) is 1. The number of aromatic nitrogens is 1. The van der Waals surface area contributed by atoms with Crippen molar-refractivity contribution in [3.8, 4) is 0 Å². The van der Waals surface area contributed by atoms with E-state index < -0.39 is 0 Å². The number of aliphatic imine (C=N–C) groups is 1. The summed E-state index contributed by atoms with van der Waals surface area (Å²) in [5, 5.41) is 7.43. The third kappa shape index (κ3) is 6.62. The van der Waals surface area contributed by atoms with Crippen LogP contribution in [-0.4, -0.2) is 49.2 Å². The van der Waals surface area contributed by atoms with Crippen LogP contribution >= 0.6 is 24.0 Å². The normalized spacial score (nSPS) is 14.4. The van der Waals surface area contributed by atoms with E-state index in [0.29, 0.717) is 6.54 Å². The van der Waals surface area contributed by atoms with E-state index in [0.717, 1.165) is 36.9 Å². The molecule has 2 aromatic rings. The Morgan fingerprint density at radius 1 is 1.17 bits per heavy atom. The zero-order valence-corrected chi connectivity index (χ0v) is 21.1. The number of benzene rings is 1. The lowest BCUT2D eigenvalue weighted by atomic mass is 10.1. The van der Waals surface area contributed by atoms with E-state index in [1.54, 1.807) is 0 Å². The van der Waals surface area contributed by atoms with E-state index in [2.05, 4.69) is 58.5 Å². The fourth-order valence-electron chi connectivity index (χ4n) is 3.92. The number of piperidine rings is 1. The van der Waals surface area contributed by atoms with Gasteiger partial charge in [-0.3, -0.25) is 4.99 Å². The molecule has 166 valence electrons. The highest BCUT2D eigenvalue weighted by Gasteiger charge is 2.12. The van der Waals surface area contributed by atoms with Crippen molar-refractivity contribution in [2.24, 2.45) is 4.99 Å². The van der Waals surface area contributed by atoms with Gasteiger partial charge in [0, 0.05) is 51.0 Å².